The number of hydrazine groups is 1. The third-order valence-electron chi connectivity index (χ3n) is 5.00. The highest BCUT2D eigenvalue weighted by Gasteiger charge is 2.24. The predicted molar refractivity (Wildman–Crippen MR) is 126 cm³/mol. The van der Waals surface area contributed by atoms with Gasteiger partial charge in [0, 0.05) is 12.4 Å². The first-order valence-corrected chi connectivity index (χ1v) is 10.7. The number of carbonyl (C=O) groups is 2. The van der Waals surface area contributed by atoms with Crippen LogP contribution in [-0.2, 0) is 11.4 Å². The van der Waals surface area contributed by atoms with Gasteiger partial charge in [-0.25, -0.2) is 0 Å². The molecule has 9 heteroatoms. The van der Waals surface area contributed by atoms with Gasteiger partial charge in [-0.15, -0.1) is 0 Å². The fourth-order valence-electron chi connectivity index (χ4n) is 3.31. The van der Waals surface area contributed by atoms with Crippen molar-refractivity contribution in [1.29, 1.82) is 5.26 Å². The lowest BCUT2D eigenvalue weighted by Crippen LogP contribution is -2.44. The highest BCUT2D eigenvalue weighted by Crippen LogP contribution is 2.25. The minimum atomic E-state index is -0.672. The Kier molecular flexibility index (Phi) is 7.13. The van der Waals surface area contributed by atoms with E-state index in [1.165, 1.54) is 0 Å². The predicted octanol–water partition coefficient (Wildman–Crippen LogP) is 3.67. The molecule has 2 heterocycles. The molecule has 4 rings (SSSR count). The van der Waals surface area contributed by atoms with Gasteiger partial charge < -0.3 is 13.9 Å². The molecule has 0 atom stereocenters. The third kappa shape index (κ3) is 5.69. The first kappa shape index (κ1) is 23.2. The number of nitrogens with zero attached hydrogens (tertiary/aromatic N) is 2. The SMILES string of the molecule is Cc1oc(-n2cccc2)c(C#N)c1C(=O)NNC(=O)COc1ccc(OCc2ccccc2)cc1. The number of ether oxygens (including phenoxy) is 2. The average molecular weight is 470 g/mol. The molecule has 0 aliphatic carbocycles. The van der Waals surface area contributed by atoms with Crippen molar-refractivity contribution in [3.63, 3.8) is 0 Å². The molecule has 2 amide bonds. The van der Waals surface area contributed by atoms with Gasteiger partial charge in [-0.2, -0.15) is 5.26 Å². The summed E-state index contributed by atoms with van der Waals surface area (Å²) >= 11 is 0. The van der Waals surface area contributed by atoms with Crippen LogP contribution in [0.5, 0.6) is 11.5 Å². The molecule has 176 valence electrons. The monoisotopic (exact) mass is 470 g/mol. The molecule has 0 radical (unpaired) electrons. The second kappa shape index (κ2) is 10.8. The van der Waals surface area contributed by atoms with E-state index in [9.17, 15) is 14.9 Å². The Balaban J connectivity index is 1.27. The molecule has 2 aromatic heterocycles. The maximum atomic E-state index is 12.6. The van der Waals surface area contributed by atoms with Crippen LogP contribution in [-0.4, -0.2) is 23.0 Å². The summed E-state index contributed by atoms with van der Waals surface area (Å²) in [4.78, 5) is 24.7. The fourth-order valence-corrected chi connectivity index (χ4v) is 3.31. The number of amides is 2. The Morgan fingerprint density at radius 3 is 2.26 bits per heavy atom. The van der Waals surface area contributed by atoms with Crippen LogP contribution in [0, 0.1) is 18.3 Å². The Hall–Kier alpha value is -4.97. The average Bonchev–Trinajstić information content (AvgIpc) is 3.53. The number of benzene rings is 2. The summed E-state index contributed by atoms with van der Waals surface area (Å²) in [6, 6.07) is 22.2. The number of nitriles is 1. The van der Waals surface area contributed by atoms with E-state index in [-0.39, 0.29) is 29.4 Å². The zero-order chi connectivity index (χ0) is 24.6. The molecular weight excluding hydrogens is 448 g/mol. The van der Waals surface area contributed by atoms with Gasteiger partial charge in [0.1, 0.15) is 41.1 Å². The Labute approximate surface area is 201 Å². The number of hydrogen-bond donors (Lipinski definition) is 2. The van der Waals surface area contributed by atoms with E-state index in [2.05, 4.69) is 10.9 Å². The first-order chi connectivity index (χ1) is 17.0. The maximum Gasteiger partial charge on any atom is 0.276 e. The topological polar surface area (TPSA) is 119 Å². The van der Waals surface area contributed by atoms with Gasteiger partial charge in [0.15, 0.2) is 6.61 Å². The van der Waals surface area contributed by atoms with Gasteiger partial charge in [-0.3, -0.25) is 25.0 Å². The lowest BCUT2D eigenvalue weighted by molar-refractivity contribution is -0.123. The van der Waals surface area contributed by atoms with Crippen molar-refractivity contribution in [2.75, 3.05) is 6.61 Å². The smallest absolute Gasteiger partial charge is 0.276 e. The highest BCUT2D eigenvalue weighted by molar-refractivity contribution is 5.99. The van der Waals surface area contributed by atoms with E-state index < -0.39 is 11.8 Å². The molecule has 2 aromatic carbocycles. The van der Waals surface area contributed by atoms with Gasteiger partial charge in [0.2, 0.25) is 5.88 Å². The number of aryl methyl sites for hydroxylation is 1. The quantitative estimate of drug-likeness (QED) is 0.379. The normalized spacial score (nSPS) is 10.3. The van der Waals surface area contributed by atoms with Crippen LogP contribution < -0.4 is 20.3 Å². The van der Waals surface area contributed by atoms with E-state index in [4.69, 9.17) is 13.9 Å². The van der Waals surface area contributed by atoms with Crippen molar-refractivity contribution >= 4 is 11.8 Å². The molecule has 0 fully saturated rings. The Bertz CT molecular complexity index is 1340. The molecule has 2 N–H and O–H groups in total. The zero-order valence-corrected chi connectivity index (χ0v) is 18.9. The molecule has 4 aromatic rings. The molecule has 0 aliphatic rings. The molecule has 35 heavy (non-hydrogen) atoms. The number of hydrogen-bond acceptors (Lipinski definition) is 6. The fraction of sp³-hybridized carbons (Fsp3) is 0.115. The Morgan fingerprint density at radius 1 is 0.943 bits per heavy atom. The van der Waals surface area contributed by atoms with Gasteiger partial charge in [-0.1, -0.05) is 30.3 Å². The second-order valence-electron chi connectivity index (χ2n) is 7.45. The lowest BCUT2D eigenvalue weighted by atomic mass is 10.1. The van der Waals surface area contributed by atoms with Gasteiger partial charge >= 0.3 is 0 Å². The van der Waals surface area contributed by atoms with Crippen LogP contribution in [0.3, 0.4) is 0 Å². The van der Waals surface area contributed by atoms with Crippen molar-refractivity contribution in [3.8, 4) is 23.5 Å². The first-order valence-electron chi connectivity index (χ1n) is 10.7. The molecule has 9 nitrogen and oxygen atoms in total. The maximum absolute atomic E-state index is 12.6. The van der Waals surface area contributed by atoms with Crippen LogP contribution >= 0.6 is 0 Å². The van der Waals surface area contributed by atoms with Crippen molar-refractivity contribution < 1.29 is 23.5 Å². The number of rotatable bonds is 8. The lowest BCUT2D eigenvalue weighted by Gasteiger charge is -2.10. The van der Waals surface area contributed by atoms with E-state index >= 15 is 0 Å². The summed E-state index contributed by atoms with van der Waals surface area (Å²) in [6.45, 7) is 1.69. The number of carbonyl (C=O) groups excluding carboxylic acids is 2. The van der Waals surface area contributed by atoms with Crippen molar-refractivity contribution in [2.24, 2.45) is 0 Å². The minimum absolute atomic E-state index is 0.0449. The minimum Gasteiger partial charge on any atom is -0.489 e. The summed E-state index contributed by atoms with van der Waals surface area (Å²) in [5.41, 5.74) is 5.74. The van der Waals surface area contributed by atoms with Crippen LogP contribution in [0.25, 0.3) is 5.88 Å². The number of nitrogens with one attached hydrogen (secondary N) is 2. The largest absolute Gasteiger partial charge is 0.489 e. The summed E-state index contributed by atoms with van der Waals surface area (Å²) in [5.74, 6) is 0.365. The molecular formula is C26H22N4O5. The zero-order valence-electron chi connectivity index (χ0n) is 18.9. The van der Waals surface area contributed by atoms with Crippen molar-refractivity contribution in [2.45, 2.75) is 13.5 Å². The van der Waals surface area contributed by atoms with Crippen molar-refractivity contribution in [1.82, 2.24) is 15.4 Å². The number of furan rings is 1. The van der Waals surface area contributed by atoms with E-state index in [1.54, 1.807) is 60.3 Å². The van der Waals surface area contributed by atoms with Gasteiger partial charge in [-0.05, 0) is 48.9 Å². The molecule has 0 aliphatic heterocycles. The van der Waals surface area contributed by atoms with Crippen LogP contribution in [0.2, 0.25) is 0 Å². The third-order valence-corrected chi connectivity index (χ3v) is 5.00. The molecule has 0 spiro atoms. The Morgan fingerprint density at radius 2 is 1.60 bits per heavy atom. The van der Waals surface area contributed by atoms with Gasteiger partial charge in [0.25, 0.3) is 11.8 Å². The highest BCUT2D eigenvalue weighted by atomic mass is 16.5. The van der Waals surface area contributed by atoms with Crippen LogP contribution in [0.1, 0.15) is 27.2 Å². The van der Waals surface area contributed by atoms with Crippen molar-refractivity contribution in [3.05, 3.63) is 102 Å². The summed E-state index contributed by atoms with van der Waals surface area (Å²) < 4.78 is 18.4. The molecule has 0 saturated carbocycles. The van der Waals surface area contributed by atoms with E-state index in [0.717, 1.165) is 5.56 Å². The van der Waals surface area contributed by atoms with Crippen LogP contribution in [0.15, 0.2) is 83.5 Å². The summed E-state index contributed by atoms with van der Waals surface area (Å²) in [6.07, 6.45) is 3.39. The van der Waals surface area contributed by atoms with Crippen LogP contribution in [0.4, 0.5) is 0 Å². The molecule has 0 saturated heterocycles. The second-order valence-corrected chi connectivity index (χ2v) is 7.45. The van der Waals surface area contributed by atoms with E-state index in [0.29, 0.717) is 18.1 Å². The van der Waals surface area contributed by atoms with E-state index in [1.807, 2.05) is 36.4 Å². The molecule has 0 unspecified atom stereocenters. The standard InChI is InChI=1S/C26H22N4O5/c1-18-24(22(15-27)26(35-18)30-13-5-6-14-30)25(32)29-28-23(31)17-34-21-11-9-20(10-12-21)33-16-19-7-3-2-4-8-19/h2-14H,16-17H2,1H3,(H,28,31)(H,29,32). The summed E-state index contributed by atoms with van der Waals surface area (Å²) in [5, 5.41) is 9.54. The number of aromatic nitrogens is 1. The summed E-state index contributed by atoms with van der Waals surface area (Å²) in [7, 11) is 0. The van der Waals surface area contributed by atoms with Gasteiger partial charge in [0.05, 0.1) is 0 Å². The molecule has 0 bridgehead atoms.